The second kappa shape index (κ2) is 6.20. The average Bonchev–Trinajstić information content (AvgIpc) is 2.49. The van der Waals surface area contributed by atoms with Crippen LogP contribution in [0.15, 0.2) is 53.0 Å². The molecule has 0 bridgehead atoms. The highest BCUT2D eigenvalue weighted by Crippen LogP contribution is 2.37. The molecule has 2 N–H and O–H groups in total. The van der Waals surface area contributed by atoms with Gasteiger partial charge in [-0.1, -0.05) is 53.2 Å². The summed E-state index contributed by atoms with van der Waals surface area (Å²) in [7, 11) is 0. The summed E-state index contributed by atoms with van der Waals surface area (Å²) in [5.41, 5.74) is 8.78. The van der Waals surface area contributed by atoms with Gasteiger partial charge in [0.25, 0.3) is 0 Å². The van der Waals surface area contributed by atoms with Gasteiger partial charge in [0.05, 0.1) is 0 Å². The van der Waals surface area contributed by atoms with Crippen LogP contribution in [0.4, 0.5) is 0 Å². The Hall–Kier alpha value is -1.32. The molecule has 2 nitrogen and oxygen atoms in total. The van der Waals surface area contributed by atoms with E-state index in [0.717, 1.165) is 28.6 Å². The molecule has 0 radical (unpaired) electrons. The molecule has 21 heavy (non-hydrogen) atoms. The van der Waals surface area contributed by atoms with E-state index in [1.807, 2.05) is 12.1 Å². The molecule has 2 aromatic carbocycles. The van der Waals surface area contributed by atoms with Crippen molar-refractivity contribution in [2.45, 2.75) is 37.8 Å². The minimum absolute atomic E-state index is 0.0548. The second-order valence-corrected chi connectivity index (χ2v) is 6.73. The zero-order valence-corrected chi connectivity index (χ0v) is 13.7. The molecule has 2 aromatic rings. The van der Waals surface area contributed by atoms with Gasteiger partial charge >= 0.3 is 0 Å². The van der Waals surface area contributed by atoms with Gasteiger partial charge in [0.1, 0.15) is 11.9 Å². The van der Waals surface area contributed by atoms with Crippen molar-refractivity contribution in [3.63, 3.8) is 0 Å². The van der Waals surface area contributed by atoms with Crippen LogP contribution in [0.25, 0.3) is 0 Å². The van der Waals surface area contributed by atoms with Gasteiger partial charge in [-0.05, 0) is 36.1 Å². The first-order chi connectivity index (χ1) is 10.1. The first kappa shape index (κ1) is 14.6. The van der Waals surface area contributed by atoms with Crippen molar-refractivity contribution >= 4 is 15.9 Å². The fourth-order valence-corrected chi connectivity index (χ4v) is 3.39. The lowest BCUT2D eigenvalue weighted by Gasteiger charge is -2.32. The Morgan fingerprint density at radius 3 is 2.76 bits per heavy atom. The van der Waals surface area contributed by atoms with E-state index in [1.165, 1.54) is 5.56 Å². The summed E-state index contributed by atoms with van der Waals surface area (Å²) >= 11 is 3.49. The Labute approximate surface area is 134 Å². The summed E-state index contributed by atoms with van der Waals surface area (Å²) in [4.78, 5) is 0. The van der Waals surface area contributed by atoms with Crippen LogP contribution >= 0.6 is 15.9 Å². The van der Waals surface area contributed by atoms with Crippen LogP contribution in [0.1, 0.15) is 42.9 Å². The molecule has 0 amide bonds. The number of nitrogens with two attached hydrogens (primary N) is 1. The molecule has 3 rings (SSSR count). The van der Waals surface area contributed by atoms with Crippen LogP contribution in [-0.2, 0) is 0 Å². The standard InChI is InChI=1S/C18H20BrNO/c1-12(13-5-3-2-4-6-13)9-15-11-17(20)16-10-14(19)7-8-18(16)21-15/h2-8,10,12,15,17H,9,11,20H2,1H3/t12?,15?,17-/m1/s1. The van der Waals surface area contributed by atoms with E-state index < -0.39 is 0 Å². The predicted molar refractivity (Wildman–Crippen MR) is 89.6 cm³/mol. The number of halogens is 1. The van der Waals surface area contributed by atoms with E-state index in [0.29, 0.717) is 5.92 Å². The summed E-state index contributed by atoms with van der Waals surface area (Å²) < 4.78 is 7.20. The zero-order valence-electron chi connectivity index (χ0n) is 12.1. The minimum atomic E-state index is 0.0548. The monoisotopic (exact) mass is 345 g/mol. The number of ether oxygens (including phenoxy) is 1. The van der Waals surface area contributed by atoms with Crippen molar-refractivity contribution in [1.82, 2.24) is 0 Å². The van der Waals surface area contributed by atoms with E-state index in [4.69, 9.17) is 10.5 Å². The molecule has 0 saturated heterocycles. The third-order valence-corrected chi connectivity index (χ3v) is 4.66. The number of rotatable bonds is 3. The Bertz CT molecular complexity index is 614. The fourth-order valence-electron chi connectivity index (χ4n) is 3.01. The van der Waals surface area contributed by atoms with Gasteiger partial charge in [-0.3, -0.25) is 0 Å². The molecule has 0 aliphatic carbocycles. The van der Waals surface area contributed by atoms with Gasteiger partial charge in [-0.2, -0.15) is 0 Å². The molecule has 0 spiro atoms. The summed E-state index contributed by atoms with van der Waals surface area (Å²) in [5.74, 6) is 1.41. The predicted octanol–water partition coefficient (Wildman–Crippen LogP) is 4.79. The number of benzene rings is 2. The molecule has 1 aliphatic rings. The fraction of sp³-hybridized carbons (Fsp3) is 0.333. The van der Waals surface area contributed by atoms with Crippen molar-refractivity contribution in [1.29, 1.82) is 0 Å². The SMILES string of the molecule is CC(CC1C[C@@H](N)c2cc(Br)ccc2O1)c1ccccc1. The molecule has 2 unspecified atom stereocenters. The molecule has 0 saturated carbocycles. The quantitative estimate of drug-likeness (QED) is 0.867. The molecular weight excluding hydrogens is 326 g/mol. The topological polar surface area (TPSA) is 35.2 Å². The van der Waals surface area contributed by atoms with Crippen LogP contribution in [-0.4, -0.2) is 6.10 Å². The lowest BCUT2D eigenvalue weighted by molar-refractivity contribution is 0.143. The first-order valence-electron chi connectivity index (χ1n) is 7.40. The highest BCUT2D eigenvalue weighted by atomic mass is 79.9. The van der Waals surface area contributed by atoms with Gasteiger partial charge in [-0.15, -0.1) is 0 Å². The maximum atomic E-state index is 6.32. The molecule has 110 valence electrons. The van der Waals surface area contributed by atoms with Gasteiger partial charge in [0, 0.05) is 22.5 Å². The van der Waals surface area contributed by atoms with E-state index >= 15 is 0 Å². The van der Waals surface area contributed by atoms with E-state index in [9.17, 15) is 0 Å². The van der Waals surface area contributed by atoms with Crippen LogP contribution < -0.4 is 10.5 Å². The maximum Gasteiger partial charge on any atom is 0.124 e. The Morgan fingerprint density at radius 1 is 1.24 bits per heavy atom. The summed E-state index contributed by atoms with van der Waals surface area (Å²) in [6, 6.07) is 16.7. The number of fused-ring (bicyclic) bond motifs is 1. The Morgan fingerprint density at radius 2 is 2.00 bits per heavy atom. The highest BCUT2D eigenvalue weighted by molar-refractivity contribution is 9.10. The van der Waals surface area contributed by atoms with Crippen LogP contribution in [0, 0.1) is 0 Å². The maximum absolute atomic E-state index is 6.32. The van der Waals surface area contributed by atoms with Crippen molar-refractivity contribution in [3.8, 4) is 5.75 Å². The van der Waals surface area contributed by atoms with Crippen LogP contribution in [0.5, 0.6) is 5.75 Å². The van der Waals surface area contributed by atoms with E-state index in [-0.39, 0.29) is 12.1 Å². The molecule has 3 heteroatoms. The van der Waals surface area contributed by atoms with E-state index in [1.54, 1.807) is 0 Å². The third-order valence-electron chi connectivity index (χ3n) is 4.17. The molecule has 1 aliphatic heterocycles. The Kier molecular flexibility index (Phi) is 4.32. The number of hydrogen-bond acceptors (Lipinski definition) is 2. The van der Waals surface area contributed by atoms with Gasteiger partial charge in [0.15, 0.2) is 0 Å². The molecule has 3 atom stereocenters. The van der Waals surface area contributed by atoms with E-state index in [2.05, 4.69) is 59.3 Å². The smallest absolute Gasteiger partial charge is 0.124 e. The minimum Gasteiger partial charge on any atom is -0.490 e. The van der Waals surface area contributed by atoms with Gasteiger partial charge in [-0.25, -0.2) is 0 Å². The summed E-state index contributed by atoms with van der Waals surface area (Å²) in [6.07, 6.45) is 2.05. The second-order valence-electron chi connectivity index (χ2n) is 5.81. The first-order valence-corrected chi connectivity index (χ1v) is 8.19. The van der Waals surface area contributed by atoms with Gasteiger partial charge < -0.3 is 10.5 Å². The average molecular weight is 346 g/mol. The normalized spacial score (nSPS) is 22.2. The van der Waals surface area contributed by atoms with Crippen molar-refractivity contribution in [2.24, 2.45) is 5.73 Å². The summed E-state index contributed by atoms with van der Waals surface area (Å²) in [6.45, 7) is 2.25. The molecular formula is C18H20BrNO. The zero-order chi connectivity index (χ0) is 14.8. The lowest BCUT2D eigenvalue weighted by atomic mass is 9.89. The van der Waals surface area contributed by atoms with Crippen LogP contribution in [0.2, 0.25) is 0 Å². The molecule has 0 fully saturated rings. The van der Waals surface area contributed by atoms with Crippen molar-refractivity contribution in [3.05, 3.63) is 64.1 Å². The van der Waals surface area contributed by atoms with Gasteiger partial charge in [0.2, 0.25) is 0 Å². The molecule has 0 aromatic heterocycles. The lowest BCUT2D eigenvalue weighted by Crippen LogP contribution is -2.30. The highest BCUT2D eigenvalue weighted by Gasteiger charge is 2.27. The van der Waals surface area contributed by atoms with Crippen LogP contribution in [0.3, 0.4) is 0 Å². The molecule has 1 heterocycles. The largest absolute Gasteiger partial charge is 0.490 e. The third kappa shape index (κ3) is 3.30. The van der Waals surface area contributed by atoms with Crippen molar-refractivity contribution in [2.75, 3.05) is 0 Å². The number of hydrogen-bond donors (Lipinski definition) is 1. The van der Waals surface area contributed by atoms with Crippen molar-refractivity contribution < 1.29 is 4.74 Å². The summed E-state index contributed by atoms with van der Waals surface area (Å²) in [5, 5.41) is 0. The Balaban J connectivity index is 1.73.